The van der Waals surface area contributed by atoms with Gasteiger partial charge in [0.05, 0.1) is 6.42 Å². The van der Waals surface area contributed by atoms with Gasteiger partial charge in [0.25, 0.3) is 0 Å². The summed E-state index contributed by atoms with van der Waals surface area (Å²) in [5.74, 6) is -1.80. The molecule has 2 aromatic carbocycles. The van der Waals surface area contributed by atoms with Gasteiger partial charge < -0.3 is 20.7 Å². The van der Waals surface area contributed by atoms with E-state index in [9.17, 15) is 19.5 Å². The molecule has 0 unspecified atom stereocenters. The number of benzene rings is 2. The van der Waals surface area contributed by atoms with Gasteiger partial charge in [-0.3, -0.25) is 9.59 Å². The fraction of sp³-hybridized carbons (Fsp3) is 0.320. The Kier molecular flexibility index (Phi) is 7.65. The minimum atomic E-state index is -1.09. The Morgan fingerprint density at radius 3 is 2.31 bits per heavy atom. The summed E-state index contributed by atoms with van der Waals surface area (Å²) in [6, 6.07) is 15.0. The lowest BCUT2D eigenvalue weighted by Crippen LogP contribution is -2.53. The van der Waals surface area contributed by atoms with Crippen LogP contribution in [0.2, 0.25) is 0 Å². The van der Waals surface area contributed by atoms with E-state index >= 15 is 0 Å². The number of aliphatic carboxylic acids is 1. The molecule has 0 spiro atoms. The van der Waals surface area contributed by atoms with Gasteiger partial charge in [0.15, 0.2) is 0 Å². The van der Waals surface area contributed by atoms with Crippen LogP contribution in [0, 0.1) is 5.92 Å². The van der Waals surface area contributed by atoms with E-state index in [4.69, 9.17) is 0 Å². The van der Waals surface area contributed by atoms with Gasteiger partial charge in [-0.15, -0.1) is 0 Å². The highest BCUT2D eigenvalue weighted by molar-refractivity contribution is 5.92. The first-order valence-corrected chi connectivity index (χ1v) is 10.7. The molecule has 168 valence electrons. The summed E-state index contributed by atoms with van der Waals surface area (Å²) in [5.41, 5.74) is 2.64. The Morgan fingerprint density at radius 2 is 1.62 bits per heavy atom. The number of carboxylic acids is 1. The lowest BCUT2D eigenvalue weighted by molar-refractivity contribution is -0.142. The normalized spacial score (nSPS) is 13.0. The van der Waals surface area contributed by atoms with Gasteiger partial charge in [-0.2, -0.15) is 0 Å². The van der Waals surface area contributed by atoms with Gasteiger partial charge in [0.1, 0.15) is 12.1 Å². The lowest BCUT2D eigenvalue weighted by Gasteiger charge is -2.22. The summed E-state index contributed by atoms with van der Waals surface area (Å²) in [4.78, 5) is 40.6. The van der Waals surface area contributed by atoms with E-state index in [0.29, 0.717) is 6.42 Å². The van der Waals surface area contributed by atoms with Crippen molar-refractivity contribution in [1.29, 1.82) is 0 Å². The molecule has 0 aliphatic carbocycles. The second-order valence-corrected chi connectivity index (χ2v) is 8.38. The number of carbonyl (C=O) groups excluding carboxylic acids is 2. The molecule has 2 atom stereocenters. The van der Waals surface area contributed by atoms with E-state index in [-0.39, 0.29) is 24.7 Å². The first-order chi connectivity index (χ1) is 15.3. The van der Waals surface area contributed by atoms with Crippen molar-refractivity contribution >= 4 is 28.7 Å². The monoisotopic (exact) mass is 435 g/mol. The van der Waals surface area contributed by atoms with E-state index in [1.165, 1.54) is 0 Å². The molecular weight excluding hydrogens is 406 g/mol. The molecule has 3 rings (SSSR count). The van der Waals surface area contributed by atoms with Crippen LogP contribution in [0.1, 0.15) is 31.4 Å². The van der Waals surface area contributed by atoms with Crippen LogP contribution >= 0.6 is 0 Å². The van der Waals surface area contributed by atoms with Crippen molar-refractivity contribution in [2.75, 3.05) is 0 Å². The van der Waals surface area contributed by atoms with Crippen LogP contribution in [-0.4, -0.2) is 40.0 Å². The summed E-state index contributed by atoms with van der Waals surface area (Å²) >= 11 is 0. The highest BCUT2D eigenvalue weighted by Crippen LogP contribution is 2.19. The second-order valence-electron chi connectivity index (χ2n) is 8.38. The van der Waals surface area contributed by atoms with Crippen LogP contribution in [0.25, 0.3) is 10.9 Å². The van der Waals surface area contributed by atoms with Crippen LogP contribution in [0.4, 0.5) is 0 Å². The van der Waals surface area contributed by atoms with Gasteiger partial charge in [0.2, 0.25) is 11.8 Å². The molecule has 1 aromatic heterocycles. The first-order valence-electron chi connectivity index (χ1n) is 10.7. The molecule has 3 aromatic rings. The smallest absolute Gasteiger partial charge is 0.326 e. The second kappa shape index (κ2) is 10.6. The Bertz CT molecular complexity index is 1070. The molecule has 0 saturated carbocycles. The molecule has 32 heavy (non-hydrogen) atoms. The molecule has 0 saturated heterocycles. The number of H-pyrrole nitrogens is 1. The maximum atomic E-state index is 13.1. The van der Waals surface area contributed by atoms with Gasteiger partial charge in [-0.25, -0.2) is 4.79 Å². The average molecular weight is 436 g/mol. The highest BCUT2D eigenvalue weighted by Gasteiger charge is 2.28. The van der Waals surface area contributed by atoms with Crippen LogP contribution in [-0.2, 0) is 27.2 Å². The van der Waals surface area contributed by atoms with Gasteiger partial charge in [-0.1, -0.05) is 62.4 Å². The van der Waals surface area contributed by atoms with Gasteiger partial charge >= 0.3 is 5.97 Å². The summed E-state index contributed by atoms with van der Waals surface area (Å²) in [5, 5.41) is 15.9. The number of carboxylic acid groups (broad SMARTS) is 1. The van der Waals surface area contributed by atoms with Crippen LogP contribution < -0.4 is 10.6 Å². The largest absolute Gasteiger partial charge is 0.480 e. The SMILES string of the molecule is CC(C)C[C@H](NC(=O)[C@H](Cc1c[nH]c2ccccc12)NC(=O)Cc1ccccc1)C(=O)O. The molecule has 0 radical (unpaired) electrons. The number of para-hydroxylation sites is 1. The van der Waals surface area contributed by atoms with Crippen LogP contribution in [0.15, 0.2) is 60.8 Å². The summed E-state index contributed by atoms with van der Waals surface area (Å²) < 4.78 is 0. The van der Waals surface area contributed by atoms with Crippen molar-refractivity contribution in [3.8, 4) is 0 Å². The Balaban J connectivity index is 1.80. The zero-order valence-corrected chi connectivity index (χ0v) is 18.3. The third kappa shape index (κ3) is 6.20. The Hall–Kier alpha value is -3.61. The highest BCUT2D eigenvalue weighted by atomic mass is 16.4. The number of aromatic amines is 1. The number of nitrogens with one attached hydrogen (secondary N) is 3. The average Bonchev–Trinajstić information content (AvgIpc) is 3.16. The third-order valence-electron chi connectivity index (χ3n) is 5.28. The van der Waals surface area contributed by atoms with E-state index < -0.39 is 24.0 Å². The third-order valence-corrected chi connectivity index (χ3v) is 5.28. The predicted molar refractivity (Wildman–Crippen MR) is 123 cm³/mol. The van der Waals surface area contributed by atoms with Crippen molar-refractivity contribution < 1.29 is 19.5 Å². The van der Waals surface area contributed by atoms with Gasteiger partial charge in [0, 0.05) is 23.5 Å². The molecule has 4 N–H and O–H groups in total. The maximum absolute atomic E-state index is 13.1. The number of hydrogen-bond acceptors (Lipinski definition) is 3. The number of carbonyl (C=O) groups is 3. The van der Waals surface area contributed by atoms with Crippen LogP contribution in [0.5, 0.6) is 0 Å². The molecule has 1 heterocycles. The lowest BCUT2D eigenvalue weighted by atomic mass is 10.0. The minimum absolute atomic E-state index is 0.0936. The molecule has 2 amide bonds. The quantitative estimate of drug-likeness (QED) is 0.392. The zero-order chi connectivity index (χ0) is 23.1. The van der Waals surface area contributed by atoms with E-state index in [1.54, 1.807) is 0 Å². The van der Waals surface area contributed by atoms with Crippen molar-refractivity contribution in [3.05, 3.63) is 71.9 Å². The first kappa shape index (κ1) is 23.1. The number of amides is 2. The maximum Gasteiger partial charge on any atom is 0.326 e. The molecular formula is C25H29N3O4. The minimum Gasteiger partial charge on any atom is -0.480 e. The molecule has 7 heteroatoms. The van der Waals surface area contributed by atoms with Crippen molar-refractivity contribution in [2.24, 2.45) is 5.92 Å². The fourth-order valence-corrected chi connectivity index (χ4v) is 3.72. The van der Waals surface area contributed by atoms with Crippen molar-refractivity contribution in [1.82, 2.24) is 15.6 Å². The predicted octanol–water partition coefficient (Wildman–Crippen LogP) is 3.05. The standard InChI is InChI=1S/C25H29N3O4/c1-16(2)12-22(25(31)32)28-24(30)21(27-23(29)13-17-8-4-3-5-9-17)14-18-15-26-20-11-7-6-10-19(18)20/h3-11,15-16,21-22,26H,12-14H2,1-2H3,(H,27,29)(H,28,30)(H,31,32)/t21-,22-/m0/s1. The Labute approximate surface area is 187 Å². The summed E-state index contributed by atoms with van der Waals surface area (Å²) in [7, 11) is 0. The van der Waals surface area contributed by atoms with Gasteiger partial charge in [-0.05, 0) is 29.5 Å². The molecule has 0 aliphatic rings. The molecule has 7 nitrogen and oxygen atoms in total. The summed E-state index contributed by atoms with van der Waals surface area (Å²) in [6.45, 7) is 3.79. The molecule has 0 aliphatic heterocycles. The fourth-order valence-electron chi connectivity index (χ4n) is 3.72. The number of aromatic nitrogens is 1. The number of fused-ring (bicyclic) bond motifs is 1. The number of rotatable bonds is 10. The van der Waals surface area contributed by atoms with E-state index in [2.05, 4.69) is 15.6 Å². The van der Waals surface area contributed by atoms with Crippen LogP contribution in [0.3, 0.4) is 0 Å². The molecule has 0 fully saturated rings. The van der Waals surface area contributed by atoms with E-state index in [0.717, 1.165) is 22.0 Å². The van der Waals surface area contributed by atoms with Crippen molar-refractivity contribution in [3.63, 3.8) is 0 Å². The molecule has 0 bridgehead atoms. The van der Waals surface area contributed by atoms with E-state index in [1.807, 2.05) is 74.6 Å². The zero-order valence-electron chi connectivity index (χ0n) is 18.3. The topological polar surface area (TPSA) is 111 Å². The number of hydrogen-bond donors (Lipinski definition) is 4. The summed E-state index contributed by atoms with van der Waals surface area (Å²) in [6.07, 6.45) is 2.49. The Morgan fingerprint density at radius 1 is 0.938 bits per heavy atom. The van der Waals surface area contributed by atoms with Crippen molar-refractivity contribution in [2.45, 2.75) is 45.2 Å².